The highest BCUT2D eigenvalue weighted by molar-refractivity contribution is 8.19. The molecule has 2 aromatic rings. The minimum Gasteiger partial charge on any atom is -0.337 e. The summed E-state index contributed by atoms with van der Waals surface area (Å²) in [6.07, 6.45) is 12.3. The third-order valence-corrected chi connectivity index (χ3v) is 8.78. The number of rotatable bonds is 7. The standard InChI is InChI=1S/C21H30N2S2/c1-4-20-6-12-24-21(25-20,8-10-23-11-9-22-16-23)7-5-19-14-17(2)13-18(3)15-19/h9,11,13-16,20H,4-8,10,12H2,1-3H3. The Morgan fingerprint density at radius 3 is 2.68 bits per heavy atom. The Hall–Kier alpha value is -0.870. The van der Waals surface area contributed by atoms with Gasteiger partial charge in [-0.05, 0) is 57.3 Å². The maximum Gasteiger partial charge on any atom is 0.0945 e. The first-order valence-electron chi connectivity index (χ1n) is 9.43. The van der Waals surface area contributed by atoms with Crippen molar-refractivity contribution in [1.29, 1.82) is 0 Å². The zero-order chi connectivity index (χ0) is 17.7. The number of imidazole rings is 1. The van der Waals surface area contributed by atoms with Gasteiger partial charge in [0.15, 0.2) is 0 Å². The van der Waals surface area contributed by atoms with Gasteiger partial charge in [-0.15, -0.1) is 23.5 Å². The summed E-state index contributed by atoms with van der Waals surface area (Å²) in [5.41, 5.74) is 4.27. The van der Waals surface area contributed by atoms with E-state index in [9.17, 15) is 0 Å². The van der Waals surface area contributed by atoms with E-state index >= 15 is 0 Å². The number of aryl methyl sites for hydroxylation is 4. The largest absolute Gasteiger partial charge is 0.337 e. The number of hydrogen-bond donors (Lipinski definition) is 0. The fraction of sp³-hybridized carbons (Fsp3) is 0.571. The minimum atomic E-state index is 0.348. The van der Waals surface area contributed by atoms with Crippen molar-refractivity contribution < 1.29 is 0 Å². The molecule has 4 heteroatoms. The Morgan fingerprint density at radius 1 is 1.20 bits per heavy atom. The average molecular weight is 375 g/mol. The molecule has 1 saturated heterocycles. The summed E-state index contributed by atoms with van der Waals surface area (Å²) in [4.78, 5) is 4.20. The van der Waals surface area contributed by atoms with Gasteiger partial charge >= 0.3 is 0 Å². The van der Waals surface area contributed by atoms with Crippen LogP contribution in [0.5, 0.6) is 0 Å². The monoisotopic (exact) mass is 374 g/mol. The second kappa shape index (κ2) is 8.68. The van der Waals surface area contributed by atoms with Crippen LogP contribution in [0.1, 0.15) is 49.3 Å². The lowest BCUT2D eigenvalue weighted by atomic mass is 10.0. The van der Waals surface area contributed by atoms with Crippen LogP contribution in [-0.2, 0) is 13.0 Å². The highest BCUT2D eigenvalue weighted by atomic mass is 32.2. The summed E-state index contributed by atoms with van der Waals surface area (Å²) >= 11 is 4.47. The zero-order valence-corrected chi connectivity index (χ0v) is 17.3. The van der Waals surface area contributed by atoms with Crippen LogP contribution in [0.4, 0.5) is 0 Å². The van der Waals surface area contributed by atoms with Crippen LogP contribution < -0.4 is 0 Å². The van der Waals surface area contributed by atoms with Crippen molar-refractivity contribution >= 4 is 23.5 Å². The Balaban J connectivity index is 1.70. The Morgan fingerprint density at radius 2 is 2.00 bits per heavy atom. The molecule has 1 aliphatic rings. The summed E-state index contributed by atoms with van der Waals surface area (Å²) in [6, 6.07) is 7.01. The van der Waals surface area contributed by atoms with Crippen LogP contribution in [0, 0.1) is 13.8 Å². The van der Waals surface area contributed by atoms with Crippen molar-refractivity contribution in [1.82, 2.24) is 9.55 Å². The van der Waals surface area contributed by atoms with E-state index in [1.165, 1.54) is 54.5 Å². The van der Waals surface area contributed by atoms with Crippen molar-refractivity contribution in [3.63, 3.8) is 0 Å². The summed E-state index contributed by atoms with van der Waals surface area (Å²) < 4.78 is 2.58. The lowest BCUT2D eigenvalue weighted by Gasteiger charge is -2.40. The Kier molecular flexibility index (Phi) is 6.56. The molecule has 0 aliphatic carbocycles. The van der Waals surface area contributed by atoms with Crippen LogP contribution in [0.25, 0.3) is 0 Å². The summed E-state index contributed by atoms with van der Waals surface area (Å²) in [7, 11) is 0. The van der Waals surface area contributed by atoms with Crippen LogP contribution in [0.3, 0.4) is 0 Å². The molecular formula is C21H30N2S2. The quantitative estimate of drug-likeness (QED) is 0.604. The van der Waals surface area contributed by atoms with E-state index in [1.54, 1.807) is 0 Å². The number of nitrogens with zero attached hydrogens (tertiary/aromatic N) is 2. The third-order valence-electron chi connectivity index (χ3n) is 5.03. The van der Waals surface area contributed by atoms with Gasteiger partial charge in [0.25, 0.3) is 0 Å². The fourth-order valence-electron chi connectivity index (χ4n) is 3.71. The van der Waals surface area contributed by atoms with Crippen LogP contribution in [0.2, 0.25) is 0 Å². The van der Waals surface area contributed by atoms with Gasteiger partial charge in [0.2, 0.25) is 0 Å². The molecular weight excluding hydrogens is 344 g/mol. The SMILES string of the molecule is CCC1CCSC(CCc2cc(C)cc(C)c2)(CCn2ccnc2)S1. The molecule has 0 radical (unpaired) electrons. The van der Waals surface area contributed by atoms with Gasteiger partial charge in [-0.1, -0.05) is 36.2 Å². The first kappa shape index (κ1) is 18.9. The first-order chi connectivity index (χ1) is 12.1. The lowest BCUT2D eigenvalue weighted by molar-refractivity contribution is 0.563. The predicted molar refractivity (Wildman–Crippen MR) is 113 cm³/mol. The summed E-state index contributed by atoms with van der Waals surface area (Å²) in [5.74, 6) is 1.31. The molecule has 136 valence electrons. The maximum absolute atomic E-state index is 4.20. The van der Waals surface area contributed by atoms with E-state index < -0.39 is 0 Å². The van der Waals surface area contributed by atoms with Crippen LogP contribution >= 0.6 is 23.5 Å². The summed E-state index contributed by atoms with van der Waals surface area (Å²) in [6.45, 7) is 7.84. The van der Waals surface area contributed by atoms with Crippen molar-refractivity contribution in [3.05, 3.63) is 53.6 Å². The van der Waals surface area contributed by atoms with E-state index in [4.69, 9.17) is 0 Å². The lowest BCUT2D eigenvalue weighted by Crippen LogP contribution is -2.31. The normalized spacial score (nSPS) is 23.7. The number of aromatic nitrogens is 2. The van der Waals surface area contributed by atoms with Gasteiger partial charge < -0.3 is 4.57 Å². The molecule has 0 amide bonds. The van der Waals surface area contributed by atoms with Gasteiger partial charge in [0.1, 0.15) is 0 Å². The molecule has 1 aromatic heterocycles. The van der Waals surface area contributed by atoms with Gasteiger partial charge in [0, 0.05) is 24.2 Å². The van der Waals surface area contributed by atoms with E-state index in [2.05, 4.69) is 78.2 Å². The van der Waals surface area contributed by atoms with Gasteiger partial charge in [0.05, 0.1) is 10.4 Å². The molecule has 0 bridgehead atoms. The molecule has 2 unspecified atom stereocenters. The molecule has 2 heterocycles. The molecule has 25 heavy (non-hydrogen) atoms. The molecule has 2 atom stereocenters. The van der Waals surface area contributed by atoms with E-state index in [-0.39, 0.29) is 0 Å². The molecule has 1 fully saturated rings. The number of thioether (sulfide) groups is 2. The smallest absolute Gasteiger partial charge is 0.0945 e. The van der Waals surface area contributed by atoms with Crippen LogP contribution in [-0.4, -0.2) is 24.6 Å². The van der Waals surface area contributed by atoms with Gasteiger partial charge in [-0.25, -0.2) is 4.98 Å². The maximum atomic E-state index is 4.20. The van der Waals surface area contributed by atoms with Crippen LogP contribution in [0.15, 0.2) is 36.9 Å². The highest BCUT2D eigenvalue weighted by Crippen LogP contribution is 2.51. The molecule has 0 spiro atoms. The summed E-state index contributed by atoms with van der Waals surface area (Å²) in [5, 5.41) is 0.822. The van der Waals surface area contributed by atoms with E-state index in [1.807, 2.05) is 12.5 Å². The molecule has 1 aromatic carbocycles. The molecule has 3 rings (SSSR count). The minimum absolute atomic E-state index is 0.348. The average Bonchev–Trinajstić information content (AvgIpc) is 3.11. The van der Waals surface area contributed by atoms with Gasteiger partial charge in [-0.3, -0.25) is 0 Å². The van der Waals surface area contributed by atoms with Crippen molar-refractivity contribution in [2.75, 3.05) is 5.75 Å². The van der Waals surface area contributed by atoms with Gasteiger partial charge in [-0.2, -0.15) is 0 Å². The first-order valence-corrected chi connectivity index (χ1v) is 11.3. The Bertz CT molecular complexity index is 648. The highest BCUT2D eigenvalue weighted by Gasteiger charge is 2.36. The number of benzene rings is 1. The van der Waals surface area contributed by atoms with E-state index in [0.717, 1.165) is 11.8 Å². The fourth-order valence-corrected chi connectivity index (χ4v) is 7.49. The van der Waals surface area contributed by atoms with E-state index in [0.29, 0.717) is 4.08 Å². The molecule has 2 nitrogen and oxygen atoms in total. The Labute approximate surface area is 161 Å². The number of hydrogen-bond acceptors (Lipinski definition) is 3. The molecule has 1 aliphatic heterocycles. The predicted octanol–water partition coefficient (Wildman–Crippen LogP) is 5.87. The topological polar surface area (TPSA) is 17.8 Å². The van der Waals surface area contributed by atoms with Crippen molar-refractivity contribution in [2.24, 2.45) is 0 Å². The molecule has 0 N–H and O–H groups in total. The third kappa shape index (κ3) is 5.30. The zero-order valence-electron chi connectivity index (χ0n) is 15.7. The van der Waals surface area contributed by atoms with Crippen molar-refractivity contribution in [3.8, 4) is 0 Å². The molecule has 0 saturated carbocycles. The second-order valence-electron chi connectivity index (χ2n) is 7.24. The second-order valence-corrected chi connectivity index (χ2v) is 10.7. The van der Waals surface area contributed by atoms with Crippen molar-refractivity contribution in [2.45, 2.75) is 68.7 Å².